The number of aryl methyl sites for hydroxylation is 1. The van der Waals surface area contributed by atoms with Crippen LogP contribution in [0.2, 0.25) is 0 Å². The first-order chi connectivity index (χ1) is 9.81. The fourth-order valence-corrected chi connectivity index (χ4v) is 1.55. The van der Waals surface area contributed by atoms with E-state index in [2.05, 4.69) is 17.2 Å². The van der Waals surface area contributed by atoms with Crippen LogP contribution in [-0.4, -0.2) is 23.8 Å². The zero-order chi connectivity index (χ0) is 15.9. The molecule has 2 N–H and O–H groups in total. The molecule has 1 amide bonds. The van der Waals surface area contributed by atoms with Crippen LogP contribution in [-0.2, 0) is 4.79 Å². The van der Waals surface area contributed by atoms with Gasteiger partial charge in [-0.05, 0) is 24.6 Å². The molecule has 1 aromatic carbocycles. The molecule has 0 aliphatic rings. The van der Waals surface area contributed by atoms with Gasteiger partial charge in [0.1, 0.15) is 0 Å². The minimum absolute atomic E-state index is 0.0773. The first-order valence-electron chi connectivity index (χ1n) is 6.39. The molecule has 0 bridgehead atoms. The molecule has 6 heteroatoms. The summed E-state index contributed by atoms with van der Waals surface area (Å²) < 4.78 is 36.2. The van der Waals surface area contributed by atoms with E-state index in [9.17, 15) is 18.0 Å². The monoisotopic (exact) mass is 299 g/mol. The van der Waals surface area contributed by atoms with Crippen molar-refractivity contribution in [2.45, 2.75) is 32.4 Å². The van der Waals surface area contributed by atoms with E-state index in [-0.39, 0.29) is 13.0 Å². The number of rotatable bonds is 4. The van der Waals surface area contributed by atoms with E-state index < -0.39 is 24.9 Å². The summed E-state index contributed by atoms with van der Waals surface area (Å²) in [6.45, 7) is 1.76. The largest absolute Gasteiger partial charge is 0.395 e. The van der Waals surface area contributed by atoms with Crippen molar-refractivity contribution in [3.05, 3.63) is 29.3 Å². The molecule has 0 saturated carbocycles. The summed E-state index contributed by atoms with van der Waals surface area (Å²) in [6.07, 6.45) is -5.85. The number of anilines is 1. The van der Waals surface area contributed by atoms with Gasteiger partial charge in [-0.15, -0.1) is 0 Å². The number of halogens is 3. The Kier molecular flexibility index (Phi) is 6.25. The number of benzene rings is 1. The van der Waals surface area contributed by atoms with Crippen LogP contribution in [0.4, 0.5) is 18.9 Å². The summed E-state index contributed by atoms with van der Waals surface area (Å²) in [6, 6.07) is 5.06. The van der Waals surface area contributed by atoms with Gasteiger partial charge >= 0.3 is 6.18 Å². The molecule has 0 aliphatic carbocycles. The SMILES string of the molecule is Cc1ccc(NC(=O)CCC(F)(F)F)c(C#CCCO)c1. The summed E-state index contributed by atoms with van der Waals surface area (Å²) in [7, 11) is 0. The maximum absolute atomic E-state index is 12.1. The van der Waals surface area contributed by atoms with E-state index in [1.54, 1.807) is 18.2 Å². The van der Waals surface area contributed by atoms with Gasteiger partial charge in [-0.1, -0.05) is 17.9 Å². The number of hydrogen-bond acceptors (Lipinski definition) is 2. The van der Waals surface area contributed by atoms with Gasteiger partial charge in [-0.2, -0.15) is 13.2 Å². The summed E-state index contributed by atoms with van der Waals surface area (Å²) >= 11 is 0. The van der Waals surface area contributed by atoms with Crippen LogP contribution in [0.3, 0.4) is 0 Å². The standard InChI is InChI=1S/C15H16F3NO2/c1-11-5-6-13(12(10-11)4-2-3-9-20)19-14(21)7-8-15(16,17)18/h5-6,10,20H,3,7-9H2,1H3,(H,19,21). The van der Waals surface area contributed by atoms with Crippen molar-refractivity contribution in [1.29, 1.82) is 0 Å². The van der Waals surface area contributed by atoms with Gasteiger partial charge in [0.25, 0.3) is 0 Å². The smallest absolute Gasteiger partial charge is 0.389 e. The average molecular weight is 299 g/mol. The van der Waals surface area contributed by atoms with Gasteiger partial charge in [0.15, 0.2) is 0 Å². The number of carbonyl (C=O) groups is 1. The molecular weight excluding hydrogens is 283 g/mol. The number of alkyl halides is 3. The molecule has 114 valence electrons. The maximum Gasteiger partial charge on any atom is 0.389 e. The molecule has 0 heterocycles. The zero-order valence-corrected chi connectivity index (χ0v) is 11.5. The van der Waals surface area contributed by atoms with E-state index in [0.29, 0.717) is 11.3 Å². The van der Waals surface area contributed by atoms with Crippen molar-refractivity contribution in [1.82, 2.24) is 0 Å². The Hall–Kier alpha value is -2.00. The second-order valence-electron chi connectivity index (χ2n) is 4.49. The molecule has 1 aromatic rings. The fraction of sp³-hybridized carbons (Fsp3) is 0.400. The topological polar surface area (TPSA) is 49.3 Å². The van der Waals surface area contributed by atoms with Gasteiger partial charge in [0, 0.05) is 18.4 Å². The lowest BCUT2D eigenvalue weighted by molar-refractivity contribution is -0.142. The van der Waals surface area contributed by atoms with Crippen LogP contribution in [0, 0.1) is 18.8 Å². The lowest BCUT2D eigenvalue weighted by Gasteiger charge is -2.09. The Balaban J connectivity index is 2.78. The van der Waals surface area contributed by atoms with Gasteiger partial charge in [0.2, 0.25) is 5.91 Å². The normalized spacial score (nSPS) is 10.7. The van der Waals surface area contributed by atoms with Crippen LogP contribution in [0.15, 0.2) is 18.2 Å². The minimum atomic E-state index is -4.35. The third-order valence-corrected chi connectivity index (χ3v) is 2.54. The van der Waals surface area contributed by atoms with Crippen molar-refractivity contribution >= 4 is 11.6 Å². The van der Waals surface area contributed by atoms with Crippen molar-refractivity contribution in [3.8, 4) is 11.8 Å². The minimum Gasteiger partial charge on any atom is -0.395 e. The fourth-order valence-electron chi connectivity index (χ4n) is 1.55. The highest BCUT2D eigenvalue weighted by Gasteiger charge is 2.27. The second kappa shape index (κ2) is 7.70. The van der Waals surface area contributed by atoms with Crippen LogP contribution in [0.5, 0.6) is 0 Å². The molecule has 3 nitrogen and oxygen atoms in total. The van der Waals surface area contributed by atoms with E-state index in [1.165, 1.54) is 0 Å². The molecule has 21 heavy (non-hydrogen) atoms. The molecule has 1 rings (SSSR count). The van der Waals surface area contributed by atoms with Crippen LogP contribution in [0.25, 0.3) is 0 Å². The van der Waals surface area contributed by atoms with Crippen molar-refractivity contribution in [2.75, 3.05) is 11.9 Å². The molecule has 0 radical (unpaired) electrons. The second-order valence-corrected chi connectivity index (χ2v) is 4.49. The molecule has 0 unspecified atom stereocenters. The Morgan fingerprint density at radius 3 is 2.71 bits per heavy atom. The summed E-state index contributed by atoms with van der Waals surface area (Å²) in [4.78, 5) is 11.5. The summed E-state index contributed by atoms with van der Waals surface area (Å²) in [5.74, 6) is 4.80. The first kappa shape index (κ1) is 17.1. The zero-order valence-electron chi connectivity index (χ0n) is 11.5. The Labute approximate surface area is 121 Å². The molecule has 0 saturated heterocycles. The quantitative estimate of drug-likeness (QED) is 0.840. The highest BCUT2D eigenvalue weighted by molar-refractivity contribution is 5.92. The lowest BCUT2D eigenvalue weighted by Crippen LogP contribution is -2.17. The lowest BCUT2D eigenvalue weighted by atomic mass is 10.1. The van der Waals surface area contributed by atoms with E-state index in [0.717, 1.165) is 5.56 Å². The maximum atomic E-state index is 12.1. The Morgan fingerprint density at radius 2 is 2.10 bits per heavy atom. The van der Waals surface area contributed by atoms with Crippen molar-refractivity contribution in [2.24, 2.45) is 0 Å². The average Bonchev–Trinajstić information content (AvgIpc) is 2.39. The summed E-state index contributed by atoms with van der Waals surface area (Å²) in [5, 5.41) is 11.1. The number of aliphatic hydroxyl groups is 1. The Morgan fingerprint density at radius 1 is 1.38 bits per heavy atom. The number of aliphatic hydroxyl groups excluding tert-OH is 1. The number of nitrogens with one attached hydrogen (secondary N) is 1. The number of amides is 1. The molecule has 0 aliphatic heterocycles. The van der Waals surface area contributed by atoms with Gasteiger partial charge in [-0.3, -0.25) is 4.79 Å². The highest BCUT2D eigenvalue weighted by Crippen LogP contribution is 2.22. The van der Waals surface area contributed by atoms with Crippen LogP contribution in [0.1, 0.15) is 30.4 Å². The predicted octanol–water partition coefficient (Wildman–Crippen LogP) is 3.01. The molecular formula is C15H16F3NO2. The molecule has 0 atom stereocenters. The van der Waals surface area contributed by atoms with Gasteiger partial charge in [0.05, 0.1) is 18.7 Å². The van der Waals surface area contributed by atoms with Crippen LogP contribution < -0.4 is 5.32 Å². The first-order valence-corrected chi connectivity index (χ1v) is 6.39. The van der Waals surface area contributed by atoms with Gasteiger partial charge < -0.3 is 10.4 Å². The third kappa shape index (κ3) is 6.82. The molecule has 0 aromatic heterocycles. The van der Waals surface area contributed by atoms with Gasteiger partial charge in [-0.25, -0.2) is 0 Å². The molecule has 0 fully saturated rings. The van der Waals surface area contributed by atoms with E-state index in [1.807, 2.05) is 6.92 Å². The highest BCUT2D eigenvalue weighted by atomic mass is 19.4. The van der Waals surface area contributed by atoms with Crippen LogP contribution >= 0.6 is 0 Å². The van der Waals surface area contributed by atoms with E-state index in [4.69, 9.17) is 5.11 Å². The Bertz CT molecular complexity index is 556. The predicted molar refractivity (Wildman–Crippen MR) is 73.7 cm³/mol. The van der Waals surface area contributed by atoms with Crippen molar-refractivity contribution < 1.29 is 23.1 Å². The number of hydrogen-bond donors (Lipinski definition) is 2. The number of carbonyl (C=O) groups excluding carboxylic acids is 1. The summed E-state index contributed by atoms with van der Waals surface area (Å²) in [5.41, 5.74) is 1.80. The van der Waals surface area contributed by atoms with Crippen molar-refractivity contribution in [3.63, 3.8) is 0 Å². The van der Waals surface area contributed by atoms with E-state index >= 15 is 0 Å². The molecule has 0 spiro atoms. The third-order valence-electron chi connectivity index (χ3n) is 2.54.